The standard InChI is InChI=1S/C11H15O4P/c1-10(12)15-8-9-16(13,14-2)11-6-4-3-5-7-11/h3-7H,8-9H2,1-2H3. The molecule has 0 bridgehead atoms. The lowest BCUT2D eigenvalue weighted by Gasteiger charge is -2.15. The van der Waals surface area contributed by atoms with Gasteiger partial charge in [0.15, 0.2) is 0 Å². The van der Waals surface area contributed by atoms with Crippen LogP contribution < -0.4 is 5.30 Å². The first-order valence-electron chi connectivity index (χ1n) is 4.92. The summed E-state index contributed by atoms with van der Waals surface area (Å²) in [7, 11) is -1.48. The van der Waals surface area contributed by atoms with Crippen LogP contribution in [-0.2, 0) is 18.6 Å². The van der Waals surface area contributed by atoms with Crippen LogP contribution in [0.5, 0.6) is 0 Å². The molecule has 0 aliphatic heterocycles. The van der Waals surface area contributed by atoms with Crippen molar-refractivity contribution in [2.24, 2.45) is 0 Å². The molecule has 1 rings (SSSR count). The van der Waals surface area contributed by atoms with Crippen LogP contribution in [0.2, 0.25) is 0 Å². The number of carbonyl (C=O) groups excluding carboxylic acids is 1. The number of esters is 1. The second kappa shape index (κ2) is 5.83. The zero-order valence-corrected chi connectivity index (χ0v) is 10.3. The van der Waals surface area contributed by atoms with Crippen molar-refractivity contribution in [2.45, 2.75) is 6.92 Å². The van der Waals surface area contributed by atoms with Gasteiger partial charge < -0.3 is 9.26 Å². The first-order valence-corrected chi connectivity index (χ1v) is 6.73. The monoisotopic (exact) mass is 242 g/mol. The Balaban J connectivity index is 2.71. The van der Waals surface area contributed by atoms with E-state index in [2.05, 4.69) is 0 Å². The van der Waals surface area contributed by atoms with E-state index in [4.69, 9.17) is 9.26 Å². The topological polar surface area (TPSA) is 52.6 Å². The van der Waals surface area contributed by atoms with Gasteiger partial charge in [0.25, 0.3) is 0 Å². The van der Waals surface area contributed by atoms with Crippen LogP contribution in [0.25, 0.3) is 0 Å². The zero-order valence-electron chi connectivity index (χ0n) is 9.38. The second-order valence-electron chi connectivity index (χ2n) is 3.26. The SMILES string of the molecule is COP(=O)(CCOC(C)=O)c1ccccc1. The molecular formula is C11H15O4P. The second-order valence-corrected chi connectivity index (χ2v) is 5.93. The molecule has 0 radical (unpaired) electrons. The Labute approximate surface area is 95.0 Å². The molecule has 0 aliphatic carbocycles. The van der Waals surface area contributed by atoms with Crippen molar-refractivity contribution in [2.75, 3.05) is 19.9 Å². The van der Waals surface area contributed by atoms with Gasteiger partial charge in [0.1, 0.15) is 6.61 Å². The molecular weight excluding hydrogens is 227 g/mol. The van der Waals surface area contributed by atoms with Crippen LogP contribution in [-0.4, -0.2) is 25.8 Å². The summed E-state index contributed by atoms with van der Waals surface area (Å²) in [6, 6.07) is 8.94. The molecule has 0 heterocycles. The van der Waals surface area contributed by atoms with Gasteiger partial charge in [0.05, 0.1) is 6.16 Å². The molecule has 1 unspecified atom stereocenters. The van der Waals surface area contributed by atoms with Crippen LogP contribution >= 0.6 is 7.37 Å². The molecule has 88 valence electrons. The molecule has 0 amide bonds. The van der Waals surface area contributed by atoms with E-state index in [0.29, 0.717) is 5.30 Å². The number of carbonyl (C=O) groups is 1. The third-order valence-electron chi connectivity index (χ3n) is 2.14. The molecule has 0 spiro atoms. The first kappa shape index (κ1) is 12.9. The molecule has 0 aromatic heterocycles. The Hall–Kier alpha value is -1.12. The van der Waals surface area contributed by atoms with Crippen LogP contribution in [0.4, 0.5) is 0 Å². The minimum absolute atomic E-state index is 0.106. The quantitative estimate of drug-likeness (QED) is 0.583. The number of rotatable bonds is 5. The Morgan fingerprint density at radius 3 is 2.44 bits per heavy atom. The average Bonchev–Trinajstić information content (AvgIpc) is 2.29. The molecule has 0 saturated heterocycles. The molecule has 5 heteroatoms. The van der Waals surface area contributed by atoms with Gasteiger partial charge >= 0.3 is 5.97 Å². The first-order chi connectivity index (χ1) is 7.58. The normalized spacial score (nSPS) is 14.1. The number of hydrogen-bond donors (Lipinski definition) is 0. The number of benzene rings is 1. The highest BCUT2D eigenvalue weighted by Gasteiger charge is 2.24. The summed E-state index contributed by atoms with van der Waals surface area (Å²) in [6.07, 6.45) is 0.201. The zero-order chi connectivity index (χ0) is 12.0. The highest BCUT2D eigenvalue weighted by Crippen LogP contribution is 2.44. The Bertz CT molecular complexity index is 388. The van der Waals surface area contributed by atoms with Crippen LogP contribution in [0, 0.1) is 0 Å². The smallest absolute Gasteiger partial charge is 0.302 e. The highest BCUT2D eigenvalue weighted by molar-refractivity contribution is 7.67. The minimum Gasteiger partial charge on any atom is -0.465 e. The van der Waals surface area contributed by atoms with Crippen molar-refractivity contribution >= 4 is 18.6 Å². The van der Waals surface area contributed by atoms with Gasteiger partial charge in [-0.05, 0) is 12.1 Å². The third kappa shape index (κ3) is 3.47. The van der Waals surface area contributed by atoms with Crippen molar-refractivity contribution in [3.8, 4) is 0 Å². The van der Waals surface area contributed by atoms with Crippen molar-refractivity contribution in [3.05, 3.63) is 30.3 Å². The van der Waals surface area contributed by atoms with E-state index in [0.717, 1.165) is 0 Å². The summed E-state index contributed by atoms with van der Waals surface area (Å²) in [5.41, 5.74) is 0. The minimum atomic E-state index is -2.89. The van der Waals surface area contributed by atoms with E-state index in [1.54, 1.807) is 24.3 Å². The lowest BCUT2D eigenvalue weighted by atomic mass is 10.4. The lowest BCUT2D eigenvalue weighted by Crippen LogP contribution is -2.13. The molecule has 1 aromatic rings. The third-order valence-corrected chi connectivity index (χ3v) is 4.58. The van der Waals surface area contributed by atoms with Gasteiger partial charge in [-0.2, -0.15) is 0 Å². The molecule has 1 aromatic carbocycles. The predicted molar refractivity (Wildman–Crippen MR) is 62.2 cm³/mol. The lowest BCUT2D eigenvalue weighted by molar-refractivity contribution is -0.140. The summed E-state index contributed by atoms with van der Waals surface area (Å²) < 4.78 is 22.2. The summed E-state index contributed by atoms with van der Waals surface area (Å²) >= 11 is 0. The molecule has 0 fully saturated rings. The molecule has 0 N–H and O–H groups in total. The van der Waals surface area contributed by atoms with E-state index in [-0.39, 0.29) is 18.7 Å². The van der Waals surface area contributed by atoms with Gasteiger partial charge in [-0.15, -0.1) is 0 Å². The molecule has 4 nitrogen and oxygen atoms in total. The largest absolute Gasteiger partial charge is 0.465 e. The van der Waals surface area contributed by atoms with Gasteiger partial charge in [0.2, 0.25) is 7.37 Å². The number of ether oxygens (including phenoxy) is 1. The van der Waals surface area contributed by atoms with E-state index in [9.17, 15) is 9.36 Å². The Kier molecular flexibility index (Phi) is 4.71. The molecule has 1 atom stereocenters. The Morgan fingerprint density at radius 1 is 1.31 bits per heavy atom. The van der Waals surface area contributed by atoms with Crippen molar-refractivity contribution in [1.82, 2.24) is 0 Å². The van der Waals surface area contributed by atoms with Crippen LogP contribution in [0.3, 0.4) is 0 Å². The molecule has 0 saturated carbocycles. The van der Waals surface area contributed by atoms with Crippen LogP contribution in [0.15, 0.2) is 30.3 Å². The Morgan fingerprint density at radius 2 is 1.94 bits per heavy atom. The highest BCUT2D eigenvalue weighted by atomic mass is 31.2. The summed E-state index contributed by atoms with van der Waals surface area (Å²) in [4.78, 5) is 10.6. The summed E-state index contributed by atoms with van der Waals surface area (Å²) in [6.45, 7) is 1.43. The van der Waals surface area contributed by atoms with E-state index < -0.39 is 7.37 Å². The maximum absolute atomic E-state index is 12.4. The van der Waals surface area contributed by atoms with E-state index >= 15 is 0 Å². The van der Waals surface area contributed by atoms with Gasteiger partial charge in [-0.1, -0.05) is 18.2 Å². The molecule has 0 aliphatic rings. The van der Waals surface area contributed by atoms with Crippen molar-refractivity contribution in [3.63, 3.8) is 0 Å². The maximum atomic E-state index is 12.4. The predicted octanol–water partition coefficient (Wildman–Crippen LogP) is 1.80. The fourth-order valence-electron chi connectivity index (χ4n) is 1.29. The summed E-state index contributed by atoms with van der Waals surface area (Å²) in [5.74, 6) is -0.379. The van der Waals surface area contributed by atoms with Crippen LogP contribution in [0.1, 0.15) is 6.92 Å². The fraction of sp³-hybridized carbons (Fsp3) is 0.364. The number of hydrogen-bond acceptors (Lipinski definition) is 4. The molecule has 16 heavy (non-hydrogen) atoms. The maximum Gasteiger partial charge on any atom is 0.302 e. The van der Waals surface area contributed by atoms with E-state index in [1.807, 2.05) is 6.07 Å². The average molecular weight is 242 g/mol. The van der Waals surface area contributed by atoms with Gasteiger partial charge in [-0.3, -0.25) is 9.36 Å². The fourth-order valence-corrected chi connectivity index (χ4v) is 2.90. The van der Waals surface area contributed by atoms with E-state index in [1.165, 1.54) is 14.0 Å². The van der Waals surface area contributed by atoms with Gasteiger partial charge in [0, 0.05) is 19.3 Å². The van der Waals surface area contributed by atoms with Gasteiger partial charge in [-0.25, -0.2) is 0 Å². The van der Waals surface area contributed by atoms with Crippen molar-refractivity contribution < 1.29 is 18.6 Å². The van der Waals surface area contributed by atoms with Crippen molar-refractivity contribution in [1.29, 1.82) is 0 Å². The summed E-state index contributed by atoms with van der Waals surface area (Å²) in [5, 5.41) is 0.643.